The lowest BCUT2D eigenvalue weighted by Crippen LogP contribution is -2.34. The molecular formula is C16H22F3NO. The van der Waals surface area contributed by atoms with Crippen LogP contribution >= 0.6 is 0 Å². The quantitative estimate of drug-likeness (QED) is 0.844. The average Bonchev–Trinajstić information content (AvgIpc) is 2.40. The Morgan fingerprint density at radius 3 is 2.38 bits per heavy atom. The number of benzene rings is 1. The summed E-state index contributed by atoms with van der Waals surface area (Å²) in [7, 11) is 0. The minimum atomic E-state index is -4.07. The van der Waals surface area contributed by atoms with Gasteiger partial charge in [0.05, 0.1) is 12.0 Å². The molecule has 0 aromatic heterocycles. The number of alkyl halides is 3. The van der Waals surface area contributed by atoms with Gasteiger partial charge in [0.1, 0.15) is 5.75 Å². The standard InChI is InChI=1S/C16H22F3NO/c1-11(2)21-15-8-6-13(7-9-15)20-14-5-3-4-12(10-14)16(17,18)19/h6-9,11-12,14,20H,3-5,10H2,1-2H3. The monoisotopic (exact) mass is 301 g/mol. The molecule has 1 N–H and O–H groups in total. The van der Waals surface area contributed by atoms with Gasteiger partial charge in [0.25, 0.3) is 0 Å². The van der Waals surface area contributed by atoms with Gasteiger partial charge in [0.2, 0.25) is 0 Å². The van der Waals surface area contributed by atoms with Crippen LogP contribution in [0.2, 0.25) is 0 Å². The van der Waals surface area contributed by atoms with Gasteiger partial charge in [-0.1, -0.05) is 6.42 Å². The Morgan fingerprint density at radius 1 is 1.14 bits per heavy atom. The molecule has 118 valence electrons. The fourth-order valence-corrected chi connectivity index (χ4v) is 2.76. The smallest absolute Gasteiger partial charge is 0.391 e. The van der Waals surface area contributed by atoms with E-state index in [2.05, 4.69) is 5.32 Å². The number of rotatable bonds is 4. The van der Waals surface area contributed by atoms with Gasteiger partial charge in [-0.25, -0.2) is 0 Å². The van der Waals surface area contributed by atoms with E-state index in [4.69, 9.17) is 4.74 Å². The number of hydrogen-bond acceptors (Lipinski definition) is 2. The van der Waals surface area contributed by atoms with E-state index in [-0.39, 0.29) is 25.0 Å². The first-order chi connectivity index (χ1) is 9.84. The first-order valence-corrected chi connectivity index (χ1v) is 7.44. The highest BCUT2D eigenvalue weighted by molar-refractivity contribution is 5.47. The highest BCUT2D eigenvalue weighted by Crippen LogP contribution is 2.38. The summed E-state index contributed by atoms with van der Waals surface area (Å²) >= 11 is 0. The number of anilines is 1. The van der Waals surface area contributed by atoms with Crippen LogP contribution in [-0.4, -0.2) is 18.3 Å². The van der Waals surface area contributed by atoms with Crippen LogP contribution < -0.4 is 10.1 Å². The molecule has 1 aromatic carbocycles. The third-order valence-corrected chi connectivity index (χ3v) is 3.73. The van der Waals surface area contributed by atoms with Crippen molar-refractivity contribution in [1.29, 1.82) is 0 Å². The first kappa shape index (κ1) is 16.0. The SMILES string of the molecule is CC(C)Oc1ccc(NC2CCCC(C(F)(F)F)C2)cc1. The van der Waals surface area contributed by atoms with E-state index in [0.29, 0.717) is 6.42 Å². The second-order valence-electron chi connectivity index (χ2n) is 5.94. The van der Waals surface area contributed by atoms with Crippen molar-refractivity contribution in [3.05, 3.63) is 24.3 Å². The van der Waals surface area contributed by atoms with Gasteiger partial charge < -0.3 is 10.1 Å². The van der Waals surface area contributed by atoms with Crippen molar-refractivity contribution >= 4 is 5.69 Å². The van der Waals surface area contributed by atoms with Gasteiger partial charge in [0.15, 0.2) is 0 Å². The maximum absolute atomic E-state index is 12.8. The van der Waals surface area contributed by atoms with Crippen LogP contribution in [0.4, 0.5) is 18.9 Å². The highest BCUT2D eigenvalue weighted by Gasteiger charge is 2.42. The van der Waals surface area contributed by atoms with Gasteiger partial charge in [-0.3, -0.25) is 0 Å². The summed E-state index contributed by atoms with van der Waals surface area (Å²) in [5.74, 6) is -0.403. The fraction of sp³-hybridized carbons (Fsp3) is 0.625. The predicted octanol–water partition coefficient (Wildman–Crippen LogP) is 5.01. The van der Waals surface area contributed by atoms with Crippen molar-refractivity contribution in [2.24, 2.45) is 5.92 Å². The van der Waals surface area contributed by atoms with E-state index in [0.717, 1.165) is 17.9 Å². The van der Waals surface area contributed by atoms with Crippen LogP contribution in [0, 0.1) is 5.92 Å². The summed E-state index contributed by atoms with van der Waals surface area (Å²) in [6.07, 6.45) is -2.14. The van der Waals surface area contributed by atoms with Gasteiger partial charge in [0, 0.05) is 11.7 Å². The van der Waals surface area contributed by atoms with Crippen LogP contribution in [0.15, 0.2) is 24.3 Å². The third kappa shape index (κ3) is 4.83. The van der Waals surface area contributed by atoms with E-state index in [1.54, 1.807) is 0 Å². The lowest BCUT2D eigenvalue weighted by Gasteiger charge is -2.31. The van der Waals surface area contributed by atoms with Gasteiger partial charge >= 0.3 is 6.18 Å². The second-order valence-corrected chi connectivity index (χ2v) is 5.94. The van der Waals surface area contributed by atoms with Crippen molar-refractivity contribution in [3.63, 3.8) is 0 Å². The van der Waals surface area contributed by atoms with Crippen molar-refractivity contribution in [1.82, 2.24) is 0 Å². The number of ether oxygens (including phenoxy) is 1. The lowest BCUT2D eigenvalue weighted by molar-refractivity contribution is -0.182. The van der Waals surface area contributed by atoms with Crippen molar-refractivity contribution < 1.29 is 17.9 Å². The number of hydrogen-bond donors (Lipinski definition) is 1. The Balaban J connectivity index is 1.92. The van der Waals surface area contributed by atoms with Crippen LogP contribution in [0.3, 0.4) is 0 Å². The summed E-state index contributed by atoms with van der Waals surface area (Å²) < 4.78 is 43.9. The van der Waals surface area contributed by atoms with E-state index in [1.807, 2.05) is 38.1 Å². The zero-order chi connectivity index (χ0) is 15.5. The van der Waals surface area contributed by atoms with Crippen LogP contribution in [0.5, 0.6) is 5.75 Å². The molecule has 1 aliphatic carbocycles. The molecule has 0 saturated heterocycles. The molecule has 0 heterocycles. The second kappa shape index (κ2) is 6.58. The average molecular weight is 301 g/mol. The lowest BCUT2D eigenvalue weighted by atomic mass is 9.85. The molecule has 5 heteroatoms. The van der Waals surface area contributed by atoms with Crippen molar-refractivity contribution in [3.8, 4) is 5.75 Å². The molecule has 0 spiro atoms. The van der Waals surface area contributed by atoms with E-state index in [9.17, 15) is 13.2 Å². The van der Waals surface area contributed by atoms with Gasteiger partial charge in [-0.05, 0) is 57.4 Å². The molecule has 2 rings (SSSR count). The molecule has 1 aliphatic rings. The highest BCUT2D eigenvalue weighted by atomic mass is 19.4. The van der Waals surface area contributed by atoms with Crippen LogP contribution in [-0.2, 0) is 0 Å². The van der Waals surface area contributed by atoms with Crippen molar-refractivity contribution in [2.75, 3.05) is 5.32 Å². The Bertz CT molecular complexity index is 442. The zero-order valence-corrected chi connectivity index (χ0v) is 12.4. The summed E-state index contributed by atoms with van der Waals surface area (Å²) in [4.78, 5) is 0. The Kier molecular flexibility index (Phi) is 5.01. The topological polar surface area (TPSA) is 21.3 Å². The first-order valence-electron chi connectivity index (χ1n) is 7.44. The molecule has 0 aliphatic heterocycles. The molecule has 1 aromatic rings. The van der Waals surface area contributed by atoms with E-state index < -0.39 is 12.1 Å². The van der Waals surface area contributed by atoms with Gasteiger partial charge in [-0.15, -0.1) is 0 Å². The Labute approximate surface area is 123 Å². The maximum Gasteiger partial charge on any atom is 0.391 e. The summed E-state index contributed by atoms with van der Waals surface area (Å²) in [5.41, 5.74) is 0.846. The molecular weight excluding hydrogens is 279 g/mol. The Hall–Kier alpha value is -1.39. The molecule has 2 unspecified atom stereocenters. The maximum atomic E-state index is 12.8. The molecule has 0 bridgehead atoms. The van der Waals surface area contributed by atoms with Crippen LogP contribution in [0.25, 0.3) is 0 Å². The normalized spacial score (nSPS) is 23.1. The summed E-state index contributed by atoms with van der Waals surface area (Å²) in [6.45, 7) is 3.90. The fourth-order valence-electron chi connectivity index (χ4n) is 2.76. The number of halogens is 3. The zero-order valence-electron chi connectivity index (χ0n) is 12.4. The molecule has 1 saturated carbocycles. The van der Waals surface area contributed by atoms with E-state index >= 15 is 0 Å². The minimum absolute atomic E-state index is 0.106. The molecule has 1 fully saturated rings. The molecule has 2 nitrogen and oxygen atoms in total. The largest absolute Gasteiger partial charge is 0.491 e. The minimum Gasteiger partial charge on any atom is -0.491 e. The summed E-state index contributed by atoms with van der Waals surface area (Å²) in [5, 5.41) is 3.21. The molecule has 0 radical (unpaired) electrons. The van der Waals surface area contributed by atoms with Crippen LogP contribution in [0.1, 0.15) is 39.5 Å². The van der Waals surface area contributed by atoms with E-state index in [1.165, 1.54) is 0 Å². The molecule has 0 amide bonds. The molecule has 21 heavy (non-hydrogen) atoms. The van der Waals surface area contributed by atoms with Crippen molar-refractivity contribution in [2.45, 2.75) is 57.9 Å². The summed E-state index contributed by atoms with van der Waals surface area (Å²) in [6, 6.07) is 7.28. The molecule has 2 atom stereocenters. The third-order valence-electron chi connectivity index (χ3n) is 3.73. The Morgan fingerprint density at radius 2 is 1.81 bits per heavy atom. The predicted molar refractivity (Wildman–Crippen MR) is 77.6 cm³/mol. The number of nitrogens with one attached hydrogen (secondary N) is 1. The van der Waals surface area contributed by atoms with Gasteiger partial charge in [-0.2, -0.15) is 13.2 Å².